The van der Waals surface area contributed by atoms with Gasteiger partial charge in [-0.2, -0.15) is 0 Å². The van der Waals surface area contributed by atoms with Gasteiger partial charge >= 0.3 is 0 Å². The maximum atomic E-state index is 12.6. The molecule has 2 amide bonds. The number of hydrogen-bond acceptors (Lipinski definition) is 3. The minimum atomic E-state index is -0.242. The van der Waals surface area contributed by atoms with Crippen LogP contribution in [0, 0.1) is 18.8 Å². The van der Waals surface area contributed by atoms with Crippen LogP contribution in [0.5, 0.6) is 0 Å². The summed E-state index contributed by atoms with van der Waals surface area (Å²) < 4.78 is 0. The number of amides is 2. The van der Waals surface area contributed by atoms with Gasteiger partial charge in [0.1, 0.15) is 0 Å². The van der Waals surface area contributed by atoms with Crippen molar-refractivity contribution >= 4 is 17.5 Å². The second kappa shape index (κ2) is 8.21. The van der Waals surface area contributed by atoms with E-state index in [0.717, 1.165) is 30.9 Å². The third-order valence-electron chi connectivity index (χ3n) is 5.69. The van der Waals surface area contributed by atoms with E-state index in [-0.39, 0.29) is 17.7 Å². The van der Waals surface area contributed by atoms with Gasteiger partial charge in [-0.25, -0.2) is 0 Å². The van der Waals surface area contributed by atoms with Gasteiger partial charge in [-0.3, -0.25) is 9.59 Å². The molecule has 0 unspecified atom stereocenters. The Morgan fingerprint density at radius 2 is 1.96 bits per heavy atom. The average molecular weight is 357 g/mol. The van der Waals surface area contributed by atoms with Gasteiger partial charge in [0, 0.05) is 37.8 Å². The summed E-state index contributed by atoms with van der Waals surface area (Å²) in [6.07, 6.45) is 2.67. The minimum Gasteiger partial charge on any atom is -0.355 e. The van der Waals surface area contributed by atoms with Crippen molar-refractivity contribution in [2.24, 2.45) is 11.8 Å². The van der Waals surface area contributed by atoms with E-state index in [4.69, 9.17) is 0 Å². The summed E-state index contributed by atoms with van der Waals surface area (Å²) in [6.45, 7) is 9.89. The molecule has 26 heavy (non-hydrogen) atoms. The summed E-state index contributed by atoms with van der Waals surface area (Å²) in [6, 6.07) is 8.47. The second-order valence-electron chi connectivity index (χ2n) is 8.08. The molecule has 0 aromatic heterocycles. The molecule has 1 aromatic rings. The van der Waals surface area contributed by atoms with Crippen molar-refractivity contribution in [2.45, 2.75) is 46.1 Å². The lowest BCUT2D eigenvalue weighted by Crippen LogP contribution is -2.44. The monoisotopic (exact) mass is 357 g/mol. The van der Waals surface area contributed by atoms with E-state index in [1.165, 1.54) is 12.8 Å². The van der Waals surface area contributed by atoms with Gasteiger partial charge < -0.3 is 15.1 Å². The number of hydrogen-bond donors (Lipinski definition) is 1. The first-order valence-electron chi connectivity index (χ1n) is 9.83. The molecule has 0 radical (unpaired) electrons. The average Bonchev–Trinajstić information content (AvgIpc) is 3.02. The normalized spacial score (nSPS) is 24.3. The number of benzene rings is 1. The van der Waals surface area contributed by atoms with Crippen molar-refractivity contribution in [1.29, 1.82) is 0 Å². The number of rotatable bonds is 5. The first kappa shape index (κ1) is 18.9. The Kier molecular flexibility index (Phi) is 5.97. The van der Waals surface area contributed by atoms with Gasteiger partial charge in [0.05, 0.1) is 5.92 Å². The van der Waals surface area contributed by atoms with Gasteiger partial charge in [0.2, 0.25) is 11.8 Å². The molecule has 2 aliphatic rings. The lowest BCUT2D eigenvalue weighted by molar-refractivity contribution is -0.126. The molecule has 5 nitrogen and oxygen atoms in total. The molecule has 1 aromatic carbocycles. The molecule has 2 fully saturated rings. The van der Waals surface area contributed by atoms with Crippen LogP contribution in [0.3, 0.4) is 0 Å². The van der Waals surface area contributed by atoms with Crippen molar-refractivity contribution in [2.75, 3.05) is 31.1 Å². The quantitative estimate of drug-likeness (QED) is 0.881. The summed E-state index contributed by atoms with van der Waals surface area (Å²) in [4.78, 5) is 29.1. The summed E-state index contributed by atoms with van der Waals surface area (Å²) in [5.74, 6) is 0.335. The van der Waals surface area contributed by atoms with Crippen LogP contribution in [0.25, 0.3) is 0 Å². The maximum Gasteiger partial charge on any atom is 0.227 e. The summed E-state index contributed by atoms with van der Waals surface area (Å²) in [5, 5.41) is 3.11. The van der Waals surface area contributed by atoms with Crippen LogP contribution in [0.1, 0.15) is 38.7 Å². The van der Waals surface area contributed by atoms with Crippen molar-refractivity contribution in [3.05, 3.63) is 29.8 Å². The Morgan fingerprint density at radius 3 is 2.65 bits per heavy atom. The summed E-state index contributed by atoms with van der Waals surface area (Å²) in [5.41, 5.74) is 2.05. The van der Waals surface area contributed by atoms with Gasteiger partial charge in [0.25, 0.3) is 0 Å². The largest absolute Gasteiger partial charge is 0.355 e. The Labute approximate surface area is 156 Å². The number of carbonyl (C=O) groups is 2. The highest BCUT2D eigenvalue weighted by Gasteiger charge is 2.35. The van der Waals surface area contributed by atoms with E-state index in [1.54, 1.807) is 4.90 Å². The van der Waals surface area contributed by atoms with Crippen LogP contribution in [0.15, 0.2) is 24.3 Å². The van der Waals surface area contributed by atoms with E-state index in [9.17, 15) is 9.59 Å². The van der Waals surface area contributed by atoms with Crippen molar-refractivity contribution < 1.29 is 9.59 Å². The molecule has 2 saturated heterocycles. The number of piperidine rings is 1. The van der Waals surface area contributed by atoms with Gasteiger partial charge in [0.15, 0.2) is 0 Å². The Balaban J connectivity index is 1.51. The fourth-order valence-corrected chi connectivity index (χ4v) is 3.98. The Hall–Kier alpha value is -1.88. The lowest BCUT2D eigenvalue weighted by Gasteiger charge is -2.35. The minimum absolute atomic E-state index is 0.0228. The van der Waals surface area contributed by atoms with Gasteiger partial charge in [-0.15, -0.1) is 0 Å². The molecule has 2 atom stereocenters. The molecule has 3 rings (SSSR count). The van der Waals surface area contributed by atoms with E-state index in [0.29, 0.717) is 24.9 Å². The van der Waals surface area contributed by atoms with E-state index < -0.39 is 0 Å². The first-order chi connectivity index (χ1) is 12.4. The van der Waals surface area contributed by atoms with Crippen LogP contribution in [-0.2, 0) is 9.59 Å². The van der Waals surface area contributed by atoms with Gasteiger partial charge in [-0.05, 0) is 58.2 Å². The molecule has 5 heteroatoms. The molecular weight excluding hydrogens is 326 g/mol. The zero-order valence-electron chi connectivity index (χ0n) is 16.2. The van der Waals surface area contributed by atoms with Crippen molar-refractivity contribution in [1.82, 2.24) is 10.2 Å². The highest BCUT2D eigenvalue weighted by molar-refractivity contribution is 6.00. The molecule has 0 aliphatic carbocycles. The number of aryl methyl sites for hydroxylation is 1. The second-order valence-corrected chi connectivity index (χ2v) is 8.08. The molecular formula is C21H31N3O2. The number of nitrogens with one attached hydrogen (secondary N) is 1. The Bertz CT molecular complexity index is 641. The fraction of sp³-hybridized carbons (Fsp3) is 0.619. The van der Waals surface area contributed by atoms with E-state index in [2.05, 4.69) is 24.1 Å². The number of likely N-dealkylation sites (tertiary alicyclic amines) is 1. The zero-order chi connectivity index (χ0) is 18.7. The highest BCUT2D eigenvalue weighted by Crippen LogP contribution is 2.25. The number of nitrogens with zero attached hydrogens (tertiary/aromatic N) is 2. The third-order valence-corrected chi connectivity index (χ3v) is 5.69. The highest BCUT2D eigenvalue weighted by atomic mass is 16.2. The van der Waals surface area contributed by atoms with Crippen LogP contribution >= 0.6 is 0 Å². The standard InChI is InChI=1S/C21H31N3O2/c1-15(2)23-10-4-5-17(13-23)12-22-21(26)18-11-20(25)24(14-18)19-8-6-16(3)7-9-19/h6-9,15,17-18H,4-5,10-14H2,1-3H3,(H,22,26)/t17-,18+/m1/s1. The summed E-state index contributed by atoms with van der Waals surface area (Å²) >= 11 is 0. The van der Waals surface area contributed by atoms with Crippen LogP contribution in [0.2, 0.25) is 0 Å². The predicted octanol–water partition coefficient (Wildman–Crippen LogP) is 2.58. The molecule has 2 heterocycles. The first-order valence-corrected chi connectivity index (χ1v) is 9.83. The van der Waals surface area contributed by atoms with Crippen molar-refractivity contribution in [3.8, 4) is 0 Å². The van der Waals surface area contributed by atoms with Gasteiger partial charge in [-0.1, -0.05) is 17.7 Å². The predicted molar refractivity (Wildman–Crippen MR) is 104 cm³/mol. The topological polar surface area (TPSA) is 52.7 Å². The fourth-order valence-electron chi connectivity index (χ4n) is 3.98. The molecule has 0 spiro atoms. The molecule has 1 N–H and O–H groups in total. The summed E-state index contributed by atoms with van der Waals surface area (Å²) in [7, 11) is 0. The molecule has 0 bridgehead atoms. The molecule has 2 aliphatic heterocycles. The number of anilines is 1. The SMILES string of the molecule is Cc1ccc(N2C[C@@H](C(=O)NC[C@H]3CCCN(C(C)C)C3)CC2=O)cc1. The zero-order valence-corrected chi connectivity index (χ0v) is 16.2. The molecule has 0 saturated carbocycles. The van der Waals surface area contributed by atoms with E-state index >= 15 is 0 Å². The molecule has 142 valence electrons. The van der Waals surface area contributed by atoms with E-state index in [1.807, 2.05) is 31.2 Å². The lowest BCUT2D eigenvalue weighted by atomic mass is 9.96. The van der Waals surface area contributed by atoms with Crippen LogP contribution < -0.4 is 10.2 Å². The number of carbonyl (C=O) groups excluding carboxylic acids is 2. The third kappa shape index (κ3) is 4.44. The smallest absolute Gasteiger partial charge is 0.227 e. The van der Waals surface area contributed by atoms with Crippen molar-refractivity contribution in [3.63, 3.8) is 0 Å². The Morgan fingerprint density at radius 1 is 1.23 bits per heavy atom. The van der Waals surface area contributed by atoms with Crippen LogP contribution in [0.4, 0.5) is 5.69 Å². The van der Waals surface area contributed by atoms with Crippen LogP contribution in [-0.4, -0.2) is 48.9 Å². The maximum absolute atomic E-state index is 12.6.